The van der Waals surface area contributed by atoms with Gasteiger partial charge in [0, 0.05) is 28.6 Å². The lowest BCUT2D eigenvalue weighted by Crippen LogP contribution is -2.50. The van der Waals surface area contributed by atoms with Crippen molar-refractivity contribution in [2.75, 3.05) is 0 Å². The van der Waals surface area contributed by atoms with Gasteiger partial charge in [0.1, 0.15) is 5.66 Å². The number of carbonyl (C=O) groups is 1. The molecule has 0 aliphatic heterocycles. The van der Waals surface area contributed by atoms with E-state index in [4.69, 9.17) is 23.2 Å². The van der Waals surface area contributed by atoms with Crippen LogP contribution in [0.15, 0.2) is 74.9 Å². The minimum Gasteiger partial charge on any atom is -0.313 e. The monoisotopic (exact) mass is 514 g/mol. The maximum atomic E-state index is 14.0. The van der Waals surface area contributed by atoms with Gasteiger partial charge in [0.2, 0.25) is 5.91 Å². The molecule has 0 fully saturated rings. The average Bonchev–Trinajstić information content (AvgIpc) is 2.81. The Bertz CT molecular complexity index is 997. The molecule has 0 N–H and O–H groups in total. The number of nitrogens with zero attached hydrogens (tertiary/aromatic N) is 2. The fourth-order valence-corrected chi connectivity index (χ4v) is 4.56. The number of rotatable bonds is 11. The van der Waals surface area contributed by atoms with E-state index >= 15 is 0 Å². The van der Waals surface area contributed by atoms with Crippen LogP contribution in [0.3, 0.4) is 0 Å². The van der Waals surface area contributed by atoms with Crippen LogP contribution in [0.4, 0.5) is 0 Å². The first kappa shape index (κ1) is 29.2. The second-order valence-electron chi connectivity index (χ2n) is 10.5. The standard InChI is InChI=1S/C30H40Cl2N2O/c1-7-18-30(33-6,19-17-23(2)29(3,4)5)34(22-24-11-9-8-10-12-24)28(35)21-25-13-14-26(31)15-16-27(32)20-25/h8-12,14-15,20,23H,6-7,16-19,21-22H2,1-5H3/b26-15+,27-20+. The molecular weight excluding hydrogens is 475 g/mol. The van der Waals surface area contributed by atoms with Crippen molar-refractivity contribution < 1.29 is 4.79 Å². The van der Waals surface area contributed by atoms with E-state index in [1.807, 2.05) is 47.4 Å². The first-order valence-corrected chi connectivity index (χ1v) is 13.3. The molecule has 1 aromatic carbocycles. The SMILES string of the molecule is C=NC(CCC)(CCC(C)C(C)(C)C)N(Cc1ccccc1)C(=O)CC1=C=C/C(Cl)=C\C/C(Cl)=C\1. The summed E-state index contributed by atoms with van der Waals surface area (Å²) in [6.07, 6.45) is 9.42. The first-order chi connectivity index (χ1) is 16.5. The Labute approximate surface area is 222 Å². The predicted molar refractivity (Wildman–Crippen MR) is 151 cm³/mol. The molecule has 35 heavy (non-hydrogen) atoms. The molecule has 1 aliphatic carbocycles. The van der Waals surface area contributed by atoms with Crippen molar-refractivity contribution in [1.82, 2.24) is 4.90 Å². The fraction of sp³-hybridized carbons (Fsp3) is 0.500. The van der Waals surface area contributed by atoms with E-state index in [1.165, 1.54) is 0 Å². The summed E-state index contributed by atoms with van der Waals surface area (Å²) >= 11 is 12.6. The van der Waals surface area contributed by atoms with Crippen LogP contribution in [0.2, 0.25) is 0 Å². The second kappa shape index (κ2) is 13.3. The Hall–Kier alpha value is -2.06. The highest BCUT2D eigenvalue weighted by Gasteiger charge is 2.39. The van der Waals surface area contributed by atoms with Gasteiger partial charge in [0.05, 0.1) is 6.42 Å². The minimum atomic E-state index is -0.682. The van der Waals surface area contributed by atoms with Crippen LogP contribution >= 0.6 is 23.2 Å². The van der Waals surface area contributed by atoms with Crippen molar-refractivity contribution in [2.24, 2.45) is 16.3 Å². The molecule has 0 aromatic heterocycles. The summed E-state index contributed by atoms with van der Waals surface area (Å²) in [7, 11) is 0. The number of hydrogen-bond donors (Lipinski definition) is 0. The van der Waals surface area contributed by atoms with Gasteiger partial charge in [0.25, 0.3) is 0 Å². The third-order valence-corrected chi connectivity index (χ3v) is 7.47. The maximum absolute atomic E-state index is 14.0. The van der Waals surface area contributed by atoms with Crippen molar-refractivity contribution in [3.05, 3.63) is 75.5 Å². The highest BCUT2D eigenvalue weighted by Crippen LogP contribution is 2.37. The smallest absolute Gasteiger partial charge is 0.229 e. The van der Waals surface area contributed by atoms with Crippen molar-refractivity contribution in [3.8, 4) is 0 Å². The van der Waals surface area contributed by atoms with E-state index in [2.05, 4.69) is 52.1 Å². The van der Waals surface area contributed by atoms with Gasteiger partial charge in [-0.25, -0.2) is 0 Å². The summed E-state index contributed by atoms with van der Waals surface area (Å²) in [5, 5.41) is 1.19. The van der Waals surface area contributed by atoms with Crippen molar-refractivity contribution in [2.45, 2.75) is 85.4 Å². The van der Waals surface area contributed by atoms with Crippen molar-refractivity contribution in [1.29, 1.82) is 0 Å². The zero-order chi connectivity index (χ0) is 26.1. The van der Waals surface area contributed by atoms with Gasteiger partial charge in [-0.1, -0.05) is 101 Å². The maximum Gasteiger partial charge on any atom is 0.229 e. The quantitative estimate of drug-likeness (QED) is 0.214. The van der Waals surface area contributed by atoms with E-state index in [-0.39, 0.29) is 17.7 Å². The molecule has 0 bridgehead atoms. The number of carbonyl (C=O) groups excluding carboxylic acids is 1. The summed E-state index contributed by atoms with van der Waals surface area (Å²) in [5.74, 6) is 0.455. The van der Waals surface area contributed by atoms with Crippen LogP contribution < -0.4 is 0 Å². The zero-order valence-corrected chi connectivity index (χ0v) is 23.4. The third-order valence-electron chi connectivity index (χ3n) is 6.95. The molecular formula is C30H40Cl2N2O. The molecule has 1 aromatic rings. The number of amides is 1. The van der Waals surface area contributed by atoms with E-state index in [1.54, 1.807) is 6.08 Å². The van der Waals surface area contributed by atoms with Crippen LogP contribution in [-0.4, -0.2) is 23.2 Å². The van der Waals surface area contributed by atoms with Crippen LogP contribution in [0.5, 0.6) is 0 Å². The molecule has 1 aliphatic rings. The first-order valence-electron chi connectivity index (χ1n) is 12.5. The van der Waals surface area contributed by atoms with Crippen LogP contribution in [0.1, 0.15) is 78.7 Å². The molecule has 0 spiro atoms. The summed E-state index contributed by atoms with van der Waals surface area (Å²) in [6, 6.07) is 10.1. The Balaban J connectivity index is 2.47. The van der Waals surface area contributed by atoms with Crippen LogP contribution in [-0.2, 0) is 11.3 Å². The molecule has 1 amide bonds. The second-order valence-corrected chi connectivity index (χ2v) is 11.5. The normalized spacial score (nSPS) is 19.7. The molecule has 0 heterocycles. The highest BCUT2D eigenvalue weighted by atomic mass is 35.5. The minimum absolute atomic E-state index is 0.0181. The van der Waals surface area contributed by atoms with Gasteiger partial charge in [0.15, 0.2) is 0 Å². The number of allylic oxidation sites excluding steroid dienone is 4. The predicted octanol–water partition coefficient (Wildman–Crippen LogP) is 8.80. The fourth-order valence-electron chi connectivity index (χ4n) is 4.22. The molecule has 0 radical (unpaired) electrons. The van der Waals surface area contributed by atoms with Gasteiger partial charge >= 0.3 is 0 Å². The van der Waals surface area contributed by atoms with Crippen LogP contribution in [0.25, 0.3) is 0 Å². The lowest BCUT2D eigenvalue weighted by Gasteiger charge is -2.43. The number of aliphatic imine (C=N–C) groups is 1. The molecule has 2 atom stereocenters. The number of benzene rings is 1. The Kier molecular flexibility index (Phi) is 11.1. The number of halogens is 2. The van der Waals surface area contributed by atoms with Gasteiger partial charge in [-0.05, 0) is 55.0 Å². The highest BCUT2D eigenvalue weighted by molar-refractivity contribution is 6.32. The Morgan fingerprint density at radius 2 is 1.89 bits per heavy atom. The lowest BCUT2D eigenvalue weighted by molar-refractivity contribution is -0.138. The Morgan fingerprint density at radius 3 is 2.49 bits per heavy atom. The van der Waals surface area contributed by atoms with E-state index in [9.17, 15) is 4.79 Å². The van der Waals surface area contributed by atoms with Gasteiger partial charge in [-0.15, -0.1) is 5.73 Å². The third kappa shape index (κ3) is 8.83. The average molecular weight is 516 g/mol. The van der Waals surface area contributed by atoms with Crippen molar-refractivity contribution >= 4 is 35.8 Å². The molecule has 190 valence electrons. The van der Waals surface area contributed by atoms with E-state index < -0.39 is 5.66 Å². The van der Waals surface area contributed by atoms with Crippen molar-refractivity contribution in [3.63, 3.8) is 0 Å². The molecule has 0 saturated carbocycles. The molecule has 0 saturated heterocycles. The summed E-state index contributed by atoms with van der Waals surface area (Å²) < 4.78 is 0. The van der Waals surface area contributed by atoms with Gasteiger partial charge in [-0.2, -0.15) is 0 Å². The summed E-state index contributed by atoms with van der Waals surface area (Å²) in [6.45, 7) is 15.7. The van der Waals surface area contributed by atoms with Gasteiger partial charge < -0.3 is 4.90 Å². The lowest BCUT2D eigenvalue weighted by atomic mass is 9.77. The molecule has 3 nitrogen and oxygen atoms in total. The molecule has 2 rings (SSSR count). The van der Waals surface area contributed by atoms with E-state index in [0.717, 1.165) is 31.2 Å². The largest absolute Gasteiger partial charge is 0.313 e. The molecule has 2 unspecified atom stereocenters. The topological polar surface area (TPSA) is 32.7 Å². The van der Waals surface area contributed by atoms with E-state index in [0.29, 0.717) is 34.5 Å². The number of hydrogen-bond acceptors (Lipinski definition) is 2. The van der Waals surface area contributed by atoms with Gasteiger partial charge in [-0.3, -0.25) is 9.79 Å². The summed E-state index contributed by atoms with van der Waals surface area (Å²) in [4.78, 5) is 20.6. The van der Waals surface area contributed by atoms with Crippen LogP contribution in [0, 0.1) is 11.3 Å². The summed E-state index contributed by atoms with van der Waals surface area (Å²) in [5.41, 5.74) is 4.43. The zero-order valence-electron chi connectivity index (χ0n) is 21.9. The molecule has 5 heteroatoms. The Morgan fingerprint density at radius 1 is 1.20 bits per heavy atom.